The highest BCUT2D eigenvalue weighted by Crippen LogP contribution is 2.26. The topological polar surface area (TPSA) is 71.1 Å². The van der Waals surface area contributed by atoms with Gasteiger partial charge in [-0.2, -0.15) is 5.10 Å². The maximum absolute atomic E-state index is 12.8. The first kappa shape index (κ1) is 17.0. The zero-order valence-corrected chi connectivity index (χ0v) is 14.8. The highest BCUT2D eigenvalue weighted by atomic mass is 35.5. The summed E-state index contributed by atoms with van der Waals surface area (Å²) in [7, 11) is 3.23. The van der Waals surface area contributed by atoms with Gasteiger partial charge in [-0.15, -0.1) is 0 Å². The summed E-state index contributed by atoms with van der Waals surface area (Å²) in [6.45, 7) is 1.86. The summed E-state index contributed by atoms with van der Waals surface area (Å²) >= 11 is 5.92. The number of H-pyrrole nitrogens is 1. The molecule has 3 aromatic rings. The van der Waals surface area contributed by atoms with Crippen LogP contribution in [0.2, 0.25) is 5.02 Å². The Hall–Kier alpha value is -2.86. The van der Waals surface area contributed by atoms with Gasteiger partial charge in [0.15, 0.2) is 0 Å². The molecule has 6 nitrogen and oxygen atoms in total. The van der Waals surface area contributed by atoms with Gasteiger partial charge in [-0.05, 0) is 25.1 Å². The molecular weight excluding hydrogens is 340 g/mol. The number of pyridine rings is 1. The second-order valence-electron chi connectivity index (χ2n) is 5.50. The standard InChI is InChI=1S/C18H17ClN4O2/c1-11-16(12-4-6-13(19)7-5-12)21-22-17(11)18(24)23(2)14-8-9-15(25-3)20-10-14/h4-10H,1-3H3,(H,21,22). The van der Waals surface area contributed by atoms with Gasteiger partial charge in [0.1, 0.15) is 5.69 Å². The number of methoxy groups -OCH3 is 1. The number of halogens is 1. The van der Waals surface area contributed by atoms with E-state index in [9.17, 15) is 4.79 Å². The molecule has 1 amide bonds. The second-order valence-corrected chi connectivity index (χ2v) is 5.94. The minimum Gasteiger partial charge on any atom is -0.481 e. The summed E-state index contributed by atoms with van der Waals surface area (Å²) in [6.07, 6.45) is 1.59. The fourth-order valence-electron chi connectivity index (χ4n) is 2.47. The molecule has 0 aliphatic heterocycles. The van der Waals surface area contributed by atoms with Gasteiger partial charge in [0, 0.05) is 29.3 Å². The first-order chi connectivity index (χ1) is 12.0. The van der Waals surface area contributed by atoms with Gasteiger partial charge in [0.25, 0.3) is 5.91 Å². The Morgan fingerprint density at radius 2 is 1.92 bits per heavy atom. The lowest BCUT2D eigenvalue weighted by Gasteiger charge is -2.16. The highest BCUT2D eigenvalue weighted by molar-refractivity contribution is 6.30. The van der Waals surface area contributed by atoms with Crippen molar-refractivity contribution in [3.8, 4) is 17.1 Å². The van der Waals surface area contributed by atoms with Crippen LogP contribution in [-0.4, -0.2) is 35.2 Å². The smallest absolute Gasteiger partial charge is 0.276 e. The minimum absolute atomic E-state index is 0.197. The van der Waals surface area contributed by atoms with Gasteiger partial charge in [0.2, 0.25) is 5.88 Å². The lowest BCUT2D eigenvalue weighted by atomic mass is 10.1. The number of carbonyl (C=O) groups is 1. The van der Waals surface area contributed by atoms with Crippen molar-refractivity contribution in [1.82, 2.24) is 15.2 Å². The van der Waals surface area contributed by atoms with Crippen LogP contribution in [0.5, 0.6) is 5.88 Å². The number of hydrogen-bond donors (Lipinski definition) is 1. The third kappa shape index (κ3) is 3.34. The normalized spacial score (nSPS) is 10.6. The summed E-state index contributed by atoms with van der Waals surface area (Å²) in [6, 6.07) is 10.8. The molecular formula is C18H17ClN4O2. The molecule has 0 saturated carbocycles. The summed E-state index contributed by atoms with van der Waals surface area (Å²) in [5.74, 6) is 0.296. The van der Waals surface area contributed by atoms with E-state index in [0.29, 0.717) is 22.3 Å². The lowest BCUT2D eigenvalue weighted by Crippen LogP contribution is -2.27. The van der Waals surface area contributed by atoms with Crippen molar-refractivity contribution in [2.75, 3.05) is 19.1 Å². The number of aromatic amines is 1. The predicted octanol–water partition coefficient (Wildman–Crippen LogP) is 3.72. The van der Waals surface area contributed by atoms with Crippen LogP contribution in [0.3, 0.4) is 0 Å². The lowest BCUT2D eigenvalue weighted by molar-refractivity contribution is 0.0987. The highest BCUT2D eigenvalue weighted by Gasteiger charge is 2.21. The van der Waals surface area contributed by atoms with Gasteiger partial charge in [0.05, 0.1) is 24.7 Å². The molecule has 128 valence electrons. The summed E-state index contributed by atoms with van der Waals surface area (Å²) < 4.78 is 5.03. The molecule has 0 aliphatic carbocycles. The number of ether oxygens (including phenoxy) is 1. The predicted molar refractivity (Wildman–Crippen MR) is 97.3 cm³/mol. The van der Waals surface area contributed by atoms with Crippen LogP contribution < -0.4 is 9.64 Å². The van der Waals surface area contributed by atoms with E-state index in [4.69, 9.17) is 16.3 Å². The maximum atomic E-state index is 12.8. The van der Waals surface area contributed by atoms with Crippen molar-refractivity contribution in [1.29, 1.82) is 0 Å². The molecule has 0 aliphatic rings. The number of amides is 1. The molecule has 25 heavy (non-hydrogen) atoms. The Bertz CT molecular complexity index is 888. The van der Waals surface area contributed by atoms with Gasteiger partial charge in [-0.25, -0.2) is 4.98 Å². The second kappa shape index (κ2) is 6.94. The molecule has 0 saturated heterocycles. The maximum Gasteiger partial charge on any atom is 0.276 e. The summed E-state index contributed by atoms with van der Waals surface area (Å²) in [5.41, 5.74) is 3.49. The van der Waals surface area contributed by atoms with Crippen LogP contribution in [-0.2, 0) is 0 Å². The average molecular weight is 357 g/mol. The average Bonchev–Trinajstić information content (AvgIpc) is 3.02. The van der Waals surface area contributed by atoms with Crippen LogP contribution in [0.25, 0.3) is 11.3 Å². The number of benzene rings is 1. The van der Waals surface area contributed by atoms with Crippen LogP contribution in [0.1, 0.15) is 16.1 Å². The minimum atomic E-state index is -0.197. The largest absolute Gasteiger partial charge is 0.481 e. The van der Waals surface area contributed by atoms with Crippen molar-refractivity contribution >= 4 is 23.2 Å². The Morgan fingerprint density at radius 3 is 2.52 bits per heavy atom. The molecule has 0 spiro atoms. The number of hydrogen-bond acceptors (Lipinski definition) is 4. The fraction of sp³-hybridized carbons (Fsp3) is 0.167. The third-order valence-corrected chi connectivity index (χ3v) is 4.22. The molecule has 0 unspecified atom stereocenters. The van der Waals surface area contributed by atoms with E-state index >= 15 is 0 Å². The van der Waals surface area contributed by atoms with Crippen LogP contribution in [0.4, 0.5) is 5.69 Å². The molecule has 0 bridgehead atoms. The third-order valence-electron chi connectivity index (χ3n) is 3.96. The van der Waals surface area contributed by atoms with E-state index in [-0.39, 0.29) is 5.91 Å². The number of rotatable bonds is 4. The summed E-state index contributed by atoms with van der Waals surface area (Å²) in [4.78, 5) is 18.4. The molecule has 2 aromatic heterocycles. The van der Waals surface area contributed by atoms with E-state index in [1.54, 1.807) is 44.6 Å². The molecule has 1 N–H and O–H groups in total. The molecule has 3 rings (SSSR count). The number of aromatic nitrogens is 3. The first-order valence-corrected chi connectivity index (χ1v) is 7.98. The van der Waals surface area contributed by atoms with Gasteiger partial charge in [-0.1, -0.05) is 23.7 Å². The van der Waals surface area contributed by atoms with Crippen molar-refractivity contribution in [2.45, 2.75) is 6.92 Å². The van der Waals surface area contributed by atoms with Crippen molar-refractivity contribution in [2.24, 2.45) is 0 Å². The van der Waals surface area contributed by atoms with Gasteiger partial charge >= 0.3 is 0 Å². The fourth-order valence-corrected chi connectivity index (χ4v) is 2.60. The van der Waals surface area contributed by atoms with Gasteiger partial charge in [-0.3, -0.25) is 9.89 Å². The Morgan fingerprint density at radius 1 is 1.20 bits per heavy atom. The summed E-state index contributed by atoms with van der Waals surface area (Å²) in [5, 5.41) is 7.78. The molecule has 0 fully saturated rings. The number of anilines is 1. The first-order valence-electron chi connectivity index (χ1n) is 7.60. The zero-order chi connectivity index (χ0) is 18.0. The van der Waals surface area contributed by atoms with Crippen LogP contribution >= 0.6 is 11.6 Å². The Labute approximate surface area is 150 Å². The number of nitrogens with zero attached hydrogens (tertiary/aromatic N) is 3. The van der Waals surface area contributed by atoms with E-state index in [1.165, 1.54) is 4.90 Å². The van der Waals surface area contributed by atoms with Crippen molar-refractivity contribution in [3.05, 3.63) is 58.9 Å². The Balaban J connectivity index is 1.88. The molecule has 7 heteroatoms. The van der Waals surface area contributed by atoms with Gasteiger partial charge < -0.3 is 9.64 Å². The van der Waals surface area contributed by atoms with Crippen molar-refractivity contribution in [3.63, 3.8) is 0 Å². The quantitative estimate of drug-likeness (QED) is 0.773. The van der Waals surface area contributed by atoms with E-state index in [2.05, 4.69) is 15.2 Å². The van der Waals surface area contributed by atoms with E-state index < -0.39 is 0 Å². The Kier molecular flexibility index (Phi) is 4.72. The number of carbonyl (C=O) groups excluding carboxylic acids is 1. The molecule has 1 aromatic carbocycles. The molecule has 0 atom stereocenters. The number of nitrogens with one attached hydrogen (secondary N) is 1. The van der Waals surface area contributed by atoms with Crippen LogP contribution in [0.15, 0.2) is 42.6 Å². The van der Waals surface area contributed by atoms with Crippen LogP contribution in [0, 0.1) is 6.92 Å². The van der Waals surface area contributed by atoms with E-state index in [1.807, 2.05) is 19.1 Å². The van der Waals surface area contributed by atoms with E-state index in [0.717, 1.165) is 16.8 Å². The molecule has 0 radical (unpaired) electrons. The SMILES string of the molecule is COc1ccc(N(C)C(=O)c2[nH]nc(-c3ccc(Cl)cc3)c2C)cn1. The van der Waals surface area contributed by atoms with Crippen molar-refractivity contribution < 1.29 is 9.53 Å². The monoisotopic (exact) mass is 356 g/mol. The zero-order valence-electron chi connectivity index (χ0n) is 14.1. The molecule has 2 heterocycles.